The Morgan fingerprint density at radius 1 is 1.67 bits per heavy atom. The molecule has 0 saturated carbocycles. The molecule has 0 aromatic carbocycles. The third kappa shape index (κ3) is 1.82. The summed E-state index contributed by atoms with van der Waals surface area (Å²) in [6.45, 7) is 3.92. The molecule has 0 aliphatic heterocycles. The van der Waals surface area contributed by atoms with Gasteiger partial charge in [0.05, 0.1) is 5.69 Å². The highest BCUT2D eigenvalue weighted by molar-refractivity contribution is 5.23. The number of nitrogens with two attached hydrogens (primary N) is 1. The topological polar surface area (TPSA) is 83.8 Å². The van der Waals surface area contributed by atoms with Gasteiger partial charge in [-0.2, -0.15) is 0 Å². The van der Waals surface area contributed by atoms with Crippen LogP contribution in [0.5, 0.6) is 0 Å². The molecule has 5 nitrogen and oxygen atoms in total. The van der Waals surface area contributed by atoms with E-state index in [0.29, 0.717) is 5.95 Å². The maximum absolute atomic E-state index is 11.0. The highest BCUT2D eigenvalue weighted by Crippen LogP contribution is 2.09. The van der Waals surface area contributed by atoms with Gasteiger partial charge in [0.2, 0.25) is 5.95 Å². The second-order valence-corrected chi connectivity index (χ2v) is 2.82. The molecule has 0 spiro atoms. The number of rotatable bonds is 2. The fraction of sp³-hybridized carbons (Fsp3) is 0.429. The highest BCUT2D eigenvalue weighted by Gasteiger charge is 2.03. The number of nitrogens with zero attached hydrogens (tertiary/aromatic N) is 1. The van der Waals surface area contributed by atoms with E-state index in [4.69, 9.17) is 5.84 Å². The predicted molar refractivity (Wildman–Crippen MR) is 46.8 cm³/mol. The second-order valence-electron chi connectivity index (χ2n) is 2.82. The average Bonchev–Trinajstić information content (AvgIpc) is 2.03. The lowest BCUT2D eigenvalue weighted by molar-refractivity contribution is 0.810. The zero-order valence-electron chi connectivity index (χ0n) is 7.09. The molecular formula is C7H12N4O. The summed E-state index contributed by atoms with van der Waals surface area (Å²) in [5, 5.41) is 0. The standard InChI is InChI=1S/C7H12N4O/c1-4(2)5-3-6(12)10-7(9-5)11-8/h3-4H,8H2,1-2H3,(H2,9,10,11,12). The lowest BCUT2D eigenvalue weighted by Crippen LogP contribution is -2.17. The Labute approximate surface area is 70.0 Å². The third-order valence-corrected chi connectivity index (χ3v) is 1.49. The van der Waals surface area contributed by atoms with Crippen LogP contribution in [0.25, 0.3) is 0 Å². The van der Waals surface area contributed by atoms with Crippen LogP contribution < -0.4 is 16.8 Å². The molecule has 0 atom stereocenters. The van der Waals surface area contributed by atoms with Gasteiger partial charge in [0.25, 0.3) is 5.56 Å². The van der Waals surface area contributed by atoms with Crippen molar-refractivity contribution >= 4 is 5.95 Å². The Morgan fingerprint density at radius 3 is 2.83 bits per heavy atom. The largest absolute Gasteiger partial charge is 0.294 e. The lowest BCUT2D eigenvalue weighted by Gasteiger charge is -2.04. The van der Waals surface area contributed by atoms with Crippen molar-refractivity contribution in [3.8, 4) is 0 Å². The minimum Gasteiger partial charge on any atom is -0.294 e. The quantitative estimate of drug-likeness (QED) is 0.434. The van der Waals surface area contributed by atoms with Crippen LogP contribution in [0.3, 0.4) is 0 Å². The van der Waals surface area contributed by atoms with Crippen LogP contribution in [0.1, 0.15) is 25.5 Å². The summed E-state index contributed by atoms with van der Waals surface area (Å²) in [5.74, 6) is 5.62. The van der Waals surface area contributed by atoms with Crippen LogP contribution >= 0.6 is 0 Å². The molecule has 0 bridgehead atoms. The number of hydrogen-bond donors (Lipinski definition) is 3. The van der Waals surface area contributed by atoms with Crippen LogP contribution in [0.2, 0.25) is 0 Å². The van der Waals surface area contributed by atoms with E-state index in [2.05, 4.69) is 15.4 Å². The summed E-state index contributed by atoms with van der Waals surface area (Å²) in [6, 6.07) is 1.46. The summed E-state index contributed by atoms with van der Waals surface area (Å²) < 4.78 is 0. The SMILES string of the molecule is CC(C)c1cc(=O)[nH]c(NN)n1. The molecule has 1 rings (SSSR count). The number of aromatic nitrogens is 2. The van der Waals surface area contributed by atoms with Crippen molar-refractivity contribution in [1.82, 2.24) is 9.97 Å². The van der Waals surface area contributed by atoms with E-state index in [1.54, 1.807) is 0 Å². The first kappa shape index (κ1) is 8.73. The molecule has 0 saturated heterocycles. The van der Waals surface area contributed by atoms with Gasteiger partial charge in [-0.05, 0) is 5.92 Å². The number of anilines is 1. The van der Waals surface area contributed by atoms with Gasteiger partial charge in [0, 0.05) is 6.07 Å². The third-order valence-electron chi connectivity index (χ3n) is 1.49. The second kappa shape index (κ2) is 3.36. The van der Waals surface area contributed by atoms with Gasteiger partial charge in [-0.1, -0.05) is 13.8 Å². The van der Waals surface area contributed by atoms with E-state index < -0.39 is 0 Å². The van der Waals surface area contributed by atoms with E-state index >= 15 is 0 Å². The molecule has 0 aliphatic carbocycles. The van der Waals surface area contributed by atoms with Gasteiger partial charge in [-0.3, -0.25) is 15.2 Å². The smallest absolute Gasteiger partial charge is 0.252 e. The van der Waals surface area contributed by atoms with Crippen molar-refractivity contribution < 1.29 is 0 Å². The molecule has 1 heterocycles. The molecule has 5 heteroatoms. The lowest BCUT2D eigenvalue weighted by atomic mass is 10.1. The van der Waals surface area contributed by atoms with Gasteiger partial charge >= 0.3 is 0 Å². The zero-order valence-corrected chi connectivity index (χ0v) is 7.09. The Morgan fingerprint density at radius 2 is 2.33 bits per heavy atom. The number of nitrogens with one attached hydrogen (secondary N) is 2. The maximum Gasteiger partial charge on any atom is 0.252 e. The summed E-state index contributed by atoms with van der Waals surface area (Å²) >= 11 is 0. The van der Waals surface area contributed by atoms with Crippen molar-refractivity contribution in [1.29, 1.82) is 0 Å². The van der Waals surface area contributed by atoms with Gasteiger partial charge < -0.3 is 0 Å². The fourth-order valence-corrected chi connectivity index (χ4v) is 0.841. The van der Waals surface area contributed by atoms with Crippen molar-refractivity contribution in [2.24, 2.45) is 5.84 Å². The summed E-state index contributed by atoms with van der Waals surface area (Å²) in [6.07, 6.45) is 0. The molecule has 0 aliphatic rings. The summed E-state index contributed by atoms with van der Waals surface area (Å²) in [5.41, 5.74) is 2.83. The van der Waals surface area contributed by atoms with Crippen LogP contribution in [0.15, 0.2) is 10.9 Å². The van der Waals surface area contributed by atoms with Gasteiger partial charge in [-0.25, -0.2) is 10.8 Å². The molecular weight excluding hydrogens is 156 g/mol. The Balaban J connectivity index is 3.15. The monoisotopic (exact) mass is 168 g/mol. The first-order chi connectivity index (χ1) is 5.63. The molecule has 12 heavy (non-hydrogen) atoms. The number of H-pyrrole nitrogens is 1. The number of nitrogen functional groups attached to an aromatic ring is 1. The van der Waals surface area contributed by atoms with Crippen LogP contribution in [0.4, 0.5) is 5.95 Å². The molecule has 0 unspecified atom stereocenters. The molecule has 0 fully saturated rings. The van der Waals surface area contributed by atoms with Crippen molar-refractivity contribution in [2.45, 2.75) is 19.8 Å². The van der Waals surface area contributed by atoms with Crippen LogP contribution in [-0.4, -0.2) is 9.97 Å². The van der Waals surface area contributed by atoms with Crippen molar-refractivity contribution in [2.75, 3.05) is 5.43 Å². The average molecular weight is 168 g/mol. The number of hydrogen-bond acceptors (Lipinski definition) is 4. The van der Waals surface area contributed by atoms with E-state index in [1.165, 1.54) is 6.07 Å². The van der Waals surface area contributed by atoms with Crippen molar-refractivity contribution in [3.63, 3.8) is 0 Å². The minimum absolute atomic E-state index is 0.193. The molecule has 4 N–H and O–H groups in total. The number of aromatic amines is 1. The van der Waals surface area contributed by atoms with E-state index in [9.17, 15) is 4.79 Å². The van der Waals surface area contributed by atoms with E-state index in [0.717, 1.165) is 5.69 Å². The molecule has 66 valence electrons. The van der Waals surface area contributed by atoms with Gasteiger partial charge in [0.1, 0.15) is 0 Å². The van der Waals surface area contributed by atoms with E-state index in [1.807, 2.05) is 13.8 Å². The molecule has 0 amide bonds. The zero-order chi connectivity index (χ0) is 9.14. The van der Waals surface area contributed by atoms with E-state index in [-0.39, 0.29) is 11.5 Å². The predicted octanol–water partition coefficient (Wildman–Crippen LogP) is 0.179. The maximum atomic E-state index is 11.0. The van der Waals surface area contributed by atoms with Crippen LogP contribution in [0, 0.1) is 0 Å². The molecule has 1 aromatic rings. The van der Waals surface area contributed by atoms with Crippen molar-refractivity contribution in [3.05, 3.63) is 22.1 Å². The van der Waals surface area contributed by atoms with Gasteiger partial charge in [-0.15, -0.1) is 0 Å². The normalized spacial score (nSPS) is 10.3. The highest BCUT2D eigenvalue weighted by atomic mass is 16.1. The Kier molecular flexibility index (Phi) is 2.44. The molecule has 1 aromatic heterocycles. The van der Waals surface area contributed by atoms with Crippen LogP contribution in [-0.2, 0) is 0 Å². The minimum atomic E-state index is -0.193. The first-order valence-electron chi connectivity index (χ1n) is 3.71. The Hall–Kier alpha value is -1.36. The summed E-state index contributed by atoms with van der Waals surface area (Å²) in [7, 11) is 0. The fourth-order valence-electron chi connectivity index (χ4n) is 0.841. The number of hydrazine groups is 1. The Bertz CT molecular complexity index is 317. The summed E-state index contributed by atoms with van der Waals surface area (Å²) in [4.78, 5) is 17.5. The van der Waals surface area contributed by atoms with Gasteiger partial charge in [0.15, 0.2) is 0 Å². The molecule has 0 radical (unpaired) electrons. The first-order valence-corrected chi connectivity index (χ1v) is 3.71.